The lowest BCUT2D eigenvalue weighted by Gasteiger charge is -2.23. The van der Waals surface area contributed by atoms with Gasteiger partial charge in [0.05, 0.1) is 27.0 Å². The van der Waals surface area contributed by atoms with E-state index in [1.165, 1.54) is 16.7 Å². The van der Waals surface area contributed by atoms with Gasteiger partial charge in [0.15, 0.2) is 0 Å². The third-order valence-electron chi connectivity index (χ3n) is 4.57. The molecule has 0 fully saturated rings. The van der Waals surface area contributed by atoms with Gasteiger partial charge >= 0.3 is 12.1 Å². The molecule has 2 aromatic heterocycles. The lowest BCUT2D eigenvalue weighted by Crippen LogP contribution is -2.36. The molecule has 0 saturated heterocycles. The largest absolute Gasteiger partial charge is 0.458 e. The first-order chi connectivity index (χ1) is 15.0. The van der Waals surface area contributed by atoms with E-state index in [-0.39, 0.29) is 28.9 Å². The van der Waals surface area contributed by atoms with Crippen molar-refractivity contribution in [3.05, 3.63) is 74.3 Å². The summed E-state index contributed by atoms with van der Waals surface area (Å²) in [5, 5.41) is 3.02. The summed E-state index contributed by atoms with van der Waals surface area (Å²) in [5.74, 6) is -0.952. The minimum atomic E-state index is -4.53. The first-order valence-electron chi connectivity index (χ1n) is 9.43. The van der Waals surface area contributed by atoms with Crippen molar-refractivity contribution >= 4 is 40.5 Å². The van der Waals surface area contributed by atoms with E-state index in [0.29, 0.717) is 10.7 Å². The molecule has 0 aliphatic rings. The van der Waals surface area contributed by atoms with Gasteiger partial charge < -0.3 is 10.1 Å². The zero-order chi connectivity index (χ0) is 23.6. The number of pyridine rings is 1. The second-order valence-electron chi connectivity index (χ2n) is 7.33. The van der Waals surface area contributed by atoms with Crippen molar-refractivity contribution in [3.8, 4) is 0 Å². The SMILES string of the molecule is CC(C)[C@H](Nc1ccc(C(F)(F)F)cc1Cl)C(=O)OCc1cc(=O)n2cc(Cl)ccc2n1. The number of anilines is 1. The number of hydrogen-bond donors (Lipinski definition) is 1. The van der Waals surface area contributed by atoms with Gasteiger partial charge in [0.1, 0.15) is 18.3 Å². The quantitative estimate of drug-likeness (QED) is 0.483. The van der Waals surface area contributed by atoms with Gasteiger partial charge in [0.25, 0.3) is 5.56 Å². The van der Waals surface area contributed by atoms with Crippen LogP contribution in [0.3, 0.4) is 0 Å². The highest BCUT2D eigenvalue weighted by Gasteiger charge is 2.31. The Hall–Kier alpha value is -2.78. The molecule has 0 amide bonds. The first-order valence-corrected chi connectivity index (χ1v) is 10.2. The molecule has 0 spiro atoms. The molecule has 0 aliphatic carbocycles. The van der Waals surface area contributed by atoms with E-state index < -0.39 is 29.3 Å². The van der Waals surface area contributed by atoms with Crippen molar-refractivity contribution in [1.82, 2.24) is 9.38 Å². The minimum Gasteiger partial charge on any atom is -0.458 e. The van der Waals surface area contributed by atoms with E-state index in [0.717, 1.165) is 18.2 Å². The number of nitrogens with zero attached hydrogens (tertiary/aromatic N) is 2. The van der Waals surface area contributed by atoms with Gasteiger partial charge in [-0.1, -0.05) is 37.0 Å². The zero-order valence-corrected chi connectivity index (χ0v) is 18.4. The minimum absolute atomic E-state index is 0.161. The molecule has 0 radical (unpaired) electrons. The molecule has 2 heterocycles. The molecular formula is C21H18Cl2F3N3O3. The molecule has 0 saturated carbocycles. The standard InChI is InChI=1S/C21H18Cl2F3N3O3/c1-11(2)19(28-16-5-3-12(7-15(16)23)21(24,25)26)20(31)32-10-14-8-18(30)29-9-13(22)4-6-17(29)27-14/h3-9,11,19,28H,10H2,1-2H3/t19-/m0/s1. The van der Waals surface area contributed by atoms with Gasteiger partial charge in [-0.15, -0.1) is 0 Å². The van der Waals surface area contributed by atoms with E-state index in [1.807, 2.05) is 0 Å². The molecule has 32 heavy (non-hydrogen) atoms. The molecule has 11 heteroatoms. The van der Waals surface area contributed by atoms with Gasteiger partial charge in [0.2, 0.25) is 0 Å². The van der Waals surface area contributed by atoms with Gasteiger partial charge in [-0.2, -0.15) is 13.2 Å². The molecule has 0 unspecified atom stereocenters. The molecule has 0 aliphatic heterocycles. The van der Waals surface area contributed by atoms with E-state index in [4.69, 9.17) is 27.9 Å². The molecule has 1 aromatic carbocycles. The zero-order valence-electron chi connectivity index (χ0n) is 16.9. The van der Waals surface area contributed by atoms with Crippen LogP contribution in [-0.4, -0.2) is 21.4 Å². The van der Waals surface area contributed by atoms with Gasteiger partial charge in [-0.25, -0.2) is 9.78 Å². The van der Waals surface area contributed by atoms with E-state index in [9.17, 15) is 22.8 Å². The first kappa shape index (κ1) is 23.9. The molecule has 1 N–H and O–H groups in total. The summed E-state index contributed by atoms with van der Waals surface area (Å²) in [6, 6.07) is 6.27. The number of benzene rings is 1. The van der Waals surface area contributed by atoms with Crippen molar-refractivity contribution in [2.24, 2.45) is 5.92 Å². The molecule has 170 valence electrons. The number of ether oxygens (including phenoxy) is 1. The van der Waals surface area contributed by atoms with Crippen molar-refractivity contribution in [2.45, 2.75) is 32.7 Å². The average Bonchev–Trinajstić information content (AvgIpc) is 2.70. The second kappa shape index (κ2) is 9.38. The van der Waals surface area contributed by atoms with Crippen molar-refractivity contribution in [3.63, 3.8) is 0 Å². The van der Waals surface area contributed by atoms with Crippen LogP contribution in [0.2, 0.25) is 10.0 Å². The Morgan fingerprint density at radius 3 is 2.53 bits per heavy atom. The van der Waals surface area contributed by atoms with Crippen molar-refractivity contribution in [1.29, 1.82) is 0 Å². The number of rotatable bonds is 6. The van der Waals surface area contributed by atoms with Crippen molar-refractivity contribution in [2.75, 3.05) is 5.32 Å². The fourth-order valence-electron chi connectivity index (χ4n) is 2.91. The molecule has 0 bridgehead atoms. The van der Waals surface area contributed by atoms with Crippen LogP contribution in [0.4, 0.5) is 18.9 Å². The Labute approximate surface area is 190 Å². The van der Waals surface area contributed by atoms with Crippen LogP contribution >= 0.6 is 23.2 Å². The highest BCUT2D eigenvalue weighted by molar-refractivity contribution is 6.33. The van der Waals surface area contributed by atoms with Crippen LogP contribution < -0.4 is 10.9 Å². The monoisotopic (exact) mass is 487 g/mol. The number of aromatic nitrogens is 2. The lowest BCUT2D eigenvalue weighted by atomic mass is 10.0. The highest BCUT2D eigenvalue weighted by Crippen LogP contribution is 2.34. The van der Waals surface area contributed by atoms with Crippen LogP contribution in [0, 0.1) is 5.92 Å². The smallest absolute Gasteiger partial charge is 0.416 e. The summed E-state index contributed by atoms with van der Waals surface area (Å²) in [7, 11) is 0. The van der Waals surface area contributed by atoms with Crippen LogP contribution in [0.1, 0.15) is 25.1 Å². The summed E-state index contributed by atoms with van der Waals surface area (Å²) in [6.07, 6.45) is -3.11. The average molecular weight is 488 g/mol. The maximum atomic E-state index is 12.8. The van der Waals surface area contributed by atoms with Crippen molar-refractivity contribution < 1.29 is 22.7 Å². The molecule has 3 aromatic rings. The summed E-state index contributed by atoms with van der Waals surface area (Å²) in [5.41, 5.74) is -0.552. The van der Waals surface area contributed by atoms with Gasteiger partial charge in [-0.3, -0.25) is 9.20 Å². The normalized spacial score (nSPS) is 12.8. The fraction of sp³-hybridized carbons (Fsp3) is 0.286. The lowest BCUT2D eigenvalue weighted by molar-refractivity contribution is -0.147. The number of alkyl halides is 3. The Balaban J connectivity index is 1.74. The predicted octanol–water partition coefficient (Wildman–Crippen LogP) is 5.20. The number of halogens is 5. The van der Waals surface area contributed by atoms with Crippen LogP contribution in [0.15, 0.2) is 47.4 Å². The maximum Gasteiger partial charge on any atom is 0.416 e. The molecule has 6 nitrogen and oxygen atoms in total. The highest BCUT2D eigenvalue weighted by atomic mass is 35.5. The fourth-order valence-corrected chi connectivity index (χ4v) is 3.30. The Bertz CT molecular complexity index is 1210. The maximum absolute atomic E-state index is 12.8. The number of carbonyl (C=O) groups is 1. The topological polar surface area (TPSA) is 72.7 Å². The van der Waals surface area contributed by atoms with Gasteiger partial charge in [0, 0.05) is 12.3 Å². The number of fused-ring (bicyclic) bond motifs is 1. The Morgan fingerprint density at radius 1 is 1.19 bits per heavy atom. The van der Waals surface area contributed by atoms with E-state index >= 15 is 0 Å². The molecule has 1 atom stereocenters. The Morgan fingerprint density at radius 2 is 1.91 bits per heavy atom. The number of carbonyl (C=O) groups excluding carboxylic acids is 1. The van der Waals surface area contributed by atoms with Crippen LogP contribution in [-0.2, 0) is 22.3 Å². The van der Waals surface area contributed by atoms with Crippen LogP contribution in [0.25, 0.3) is 5.65 Å². The number of nitrogens with one attached hydrogen (secondary N) is 1. The molecular weight excluding hydrogens is 470 g/mol. The summed E-state index contributed by atoms with van der Waals surface area (Å²) in [6.45, 7) is 3.21. The third kappa shape index (κ3) is 5.52. The number of esters is 1. The number of hydrogen-bond acceptors (Lipinski definition) is 5. The van der Waals surface area contributed by atoms with Gasteiger partial charge in [-0.05, 0) is 36.2 Å². The second-order valence-corrected chi connectivity index (χ2v) is 8.17. The van der Waals surface area contributed by atoms with Crippen LogP contribution in [0.5, 0.6) is 0 Å². The molecule has 3 rings (SSSR count). The Kier molecular flexibility index (Phi) is 7.00. The van der Waals surface area contributed by atoms with E-state index in [1.54, 1.807) is 26.0 Å². The predicted molar refractivity (Wildman–Crippen MR) is 115 cm³/mol. The summed E-state index contributed by atoms with van der Waals surface area (Å²) >= 11 is 11.9. The summed E-state index contributed by atoms with van der Waals surface area (Å²) < 4.78 is 45.1. The summed E-state index contributed by atoms with van der Waals surface area (Å²) in [4.78, 5) is 29.2. The van der Waals surface area contributed by atoms with E-state index in [2.05, 4.69) is 10.3 Å². The third-order valence-corrected chi connectivity index (χ3v) is 5.10.